The number of nitrogens with zero attached hydrogens (tertiary/aromatic N) is 3. The van der Waals surface area contributed by atoms with E-state index < -0.39 is 5.91 Å². The lowest BCUT2D eigenvalue weighted by Gasteiger charge is -2.08. The summed E-state index contributed by atoms with van der Waals surface area (Å²) in [6.45, 7) is 0. The number of primary amides is 1. The molecule has 0 unspecified atom stereocenters. The maximum atomic E-state index is 13.2. The number of carbonyl (C=O) groups excluding carboxylic acids is 1. The molecule has 0 aliphatic carbocycles. The van der Waals surface area contributed by atoms with Gasteiger partial charge in [0.1, 0.15) is 5.82 Å². The molecule has 3 aromatic rings. The Balaban J connectivity index is 2.08. The van der Waals surface area contributed by atoms with Crippen molar-refractivity contribution in [3.63, 3.8) is 0 Å². The number of hydrogen-bond donors (Lipinski definition) is 1. The van der Waals surface area contributed by atoms with E-state index in [2.05, 4.69) is 10.2 Å². The summed E-state index contributed by atoms with van der Waals surface area (Å²) in [5.74, 6) is -0.00483. The van der Waals surface area contributed by atoms with Crippen molar-refractivity contribution in [1.82, 2.24) is 14.8 Å². The number of aromatic nitrogens is 3. The van der Waals surface area contributed by atoms with Gasteiger partial charge in [-0.15, -0.1) is 21.5 Å². The summed E-state index contributed by atoms with van der Waals surface area (Å²) in [5, 5.41) is 10.8. The second-order valence-corrected chi connectivity index (χ2v) is 6.24. The van der Waals surface area contributed by atoms with E-state index in [-0.39, 0.29) is 11.6 Å². The molecule has 5 nitrogen and oxygen atoms in total. The first-order valence-corrected chi connectivity index (χ1v) is 8.18. The van der Waals surface area contributed by atoms with Crippen LogP contribution >= 0.6 is 23.1 Å². The molecule has 1 aromatic carbocycles. The number of halogens is 1. The van der Waals surface area contributed by atoms with Gasteiger partial charge in [0.05, 0.1) is 10.6 Å². The zero-order valence-electron chi connectivity index (χ0n) is 11.3. The number of hydrogen-bond acceptors (Lipinski definition) is 5. The van der Waals surface area contributed by atoms with Crippen molar-refractivity contribution in [1.29, 1.82) is 0 Å². The molecule has 2 heterocycles. The number of thiophene rings is 1. The Morgan fingerprint density at radius 2 is 2.05 bits per heavy atom. The number of nitrogens with two attached hydrogens (primary N) is 1. The summed E-state index contributed by atoms with van der Waals surface area (Å²) in [6.07, 6.45) is 0. The molecule has 22 heavy (non-hydrogen) atoms. The average Bonchev–Trinajstić information content (AvgIpc) is 3.15. The first-order chi connectivity index (χ1) is 10.6. The number of amides is 1. The number of carbonyl (C=O) groups is 1. The molecule has 0 atom stereocenters. The lowest BCUT2D eigenvalue weighted by molar-refractivity contribution is -0.115. The third-order valence-corrected chi connectivity index (χ3v) is 4.62. The van der Waals surface area contributed by atoms with Crippen LogP contribution in [0.4, 0.5) is 4.39 Å². The molecule has 0 radical (unpaired) electrons. The van der Waals surface area contributed by atoms with Gasteiger partial charge < -0.3 is 5.73 Å². The van der Waals surface area contributed by atoms with E-state index in [1.165, 1.54) is 35.2 Å². The lowest BCUT2D eigenvalue weighted by Crippen LogP contribution is -2.13. The summed E-state index contributed by atoms with van der Waals surface area (Å²) in [6, 6.07) is 9.87. The summed E-state index contributed by atoms with van der Waals surface area (Å²) >= 11 is 2.73. The predicted molar refractivity (Wildman–Crippen MR) is 84.5 cm³/mol. The van der Waals surface area contributed by atoms with Crippen LogP contribution in [0.25, 0.3) is 16.4 Å². The first-order valence-electron chi connectivity index (χ1n) is 6.31. The van der Waals surface area contributed by atoms with E-state index in [9.17, 15) is 9.18 Å². The molecule has 8 heteroatoms. The maximum Gasteiger partial charge on any atom is 0.227 e. The topological polar surface area (TPSA) is 73.8 Å². The number of benzene rings is 1. The van der Waals surface area contributed by atoms with Crippen LogP contribution in [0.5, 0.6) is 0 Å². The molecule has 2 N–H and O–H groups in total. The minimum absolute atomic E-state index is 0.101. The van der Waals surface area contributed by atoms with Crippen molar-refractivity contribution in [2.24, 2.45) is 5.73 Å². The van der Waals surface area contributed by atoms with Crippen LogP contribution in [0.15, 0.2) is 46.9 Å². The molecule has 0 spiro atoms. The van der Waals surface area contributed by atoms with Crippen LogP contribution in [0, 0.1) is 5.82 Å². The molecule has 0 bridgehead atoms. The van der Waals surface area contributed by atoms with E-state index >= 15 is 0 Å². The molecule has 1 amide bonds. The normalized spacial score (nSPS) is 10.8. The highest BCUT2D eigenvalue weighted by Crippen LogP contribution is 2.30. The second-order valence-electron chi connectivity index (χ2n) is 4.35. The molecule has 3 rings (SSSR count). The summed E-state index contributed by atoms with van der Waals surface area (Å²) < 4.78 is 14.9. The van der Waals surface area contributed by atoms with Gasteiger partial charge in [0.2, 0.25) is 5.91 Å². The quantitative estimate of drug-likeness (QED) is 0.728. The molecule has 0 aliphatic rings. The van der Waals surface area contributed by atoms with Crippen LogP contribution in [0.3, 0.4) is 0 Å². The Labute approximate surface area is 134 Å². The van der Waals surface area contributed by atoms with Gasteiger partial charge in [0.25, 0.3) is 0 Å². The smallest absolute Gasteiger partial charge is 0.227 e. The predicted octanol–water partition coefficient (Wildman–Crippen LogP) is 2.71. The van der Waals surface area contributed by atoms with Crippen molar-refractivity contribution >= 4 is 29.0 Å². The van der Waals surface area contributed by atoms with Crippen LogP contribution in [0.2, 0.25) is 0 Å². The zero-order chi connectivity index (χ0) is 15.5. The van der Waals surface area contributed by atoms with Crippen LogP contribution in [-0.4, -0.2) is 26.4 Å². The number of thioether (sulfide) groups is 1. The molecular formula is C14H11FN4OS2. The zero-order valence-corrected chi connectivity index (χ0v) is 12.9. The van der Waals surface area contributed by atoms with Crippen molar-refractivity contribution in [3.8, 4) is 16.4 Å². The molecule has 0 saturated carbocycles. The fourth-order valence-electron chi connectivity index (χ4n) is 1.89. The first kappa shape index (κ1) is 14.7. The summed E-state index contributed by atoms with van der Waals surface area (Å²) in [4.78, 5) is 11.9. The van der Waals surface area contributed by atoms with Gasteiger partial charge in [-0.25, -0.2) is 4.39 Å². The maximum absolute atomic E-state index is 13.2. The van der Waals surface area contributed by atoms with Crippen molar-refractivity contribution in [2.75, 3.05) is 5.75 Å². The Kier molecular flexibility index (Phi) is 4.21. The molecule has 112 valence electrons. The highest BCUT2D eigenvalue weighted by molar-refractivity contribution is 7.99. The Bertz CT molecular complexity index is 784. The van der Waals surface area contributed by atoms with Gasteiger partial charge in [0.15, 0.2) is 11.0 Å². The number of rotatable bonds is 5. The van der Waals surface area contributed by atoms with Crippen molar-refractivity contribution in [2.45, 2.75) is 5.16 Å². The Morgan fingerprint density at radius 3 is 2.68 bits per heavy atom. The fourth-order valence-corrected chi connectivity index (χ4v) is 3.28. The highest BCUT2D eigenvalue weighted by atomic mass is 32.2. The Hall–Kier alpha value is -2.19. The van der Waals surface area contributed by atoms with E-state index in [0.717, 1.165) is 10.6 Å². The van der Waals surface area contributed by atoms with E-state index in [4.69, 9.17) is 5.73 Å². The van der Waals surface area contributed by atoms with Crippen LogP contribution < -0.4 is 5.73 Å². The largest absolute Gasteiger partial charge is 0.369 e. The van der Waals surface area contributed by atoms with Crippen molar-refractivity contribution < 1.29 is 9.18 Å². The molecule has 0 aliphatic heterocycles. The minimum Gasteiger partial charge on any atom is -0.369 e. The van der Waals surface area contributed by atoms with Crippen molar-refractivity contribution in [3.05, 3.63) is 47.6 Å². The molecule has 0 saturated heterocycles. The summed E-state index contributed by atoms with van der Waals surface area (Å²) in [7, 11) is 0. The fraction of sp³-hybridized carbons (Fsp3) is 0.0714. The van der Waals surface area contributed by atoms with Gasteiger partial charge in [-0.05, 0) is 35.7 Å². The molecule has 2 aromatic heterocycles. The molecular weight excluding hydrogens is 323 g/mol. The van der Waals surface area contributed by atoms with Crippen LogP contribution in [-0.2, 0) is 4.79 Å². The molecule has 0 fully saturated rings. The summed E-state index contributed by atoms with van der Waals surface area (Å²) in [5.41, 5.74) is 5.91. The van der Waals surface area contributed by atoms with Gasteiger partial charge in [-0.1, -0.05) is 17.8 Å². The lowest BCUT2D eigenvalue weighted by atomic mass is 10.3. The Morgan fingerprint density at radius 1 is 1.27 bits per heavy atom. The average molecular weight is 334 g/mol. The van der Waals surface area contributed by atoms with Crippen LogP contribution in [0.1, 0.15) is 0 Å². The minimum atomic E-state index is -0.434. The van der Waals surface area contributed by atoms with Gasteiger partial charge in [-0.2, -0.15) is 0 Å². The van der Waals surface area contributed by atoms with Gasteiger partial charge in [0, 0.05) is 5.69 Å². The van der Waals surface area contributed by atoms with E-state index in [1.54, 1.807) is 16.7 Å². The SMILES string of the molecule is NC(=O)CSc1nnc(-c2cccs2)n1-c1ccc(F)cc1. The monoisotopic (exact) mass is 334 g/mol. The highest BCUT2D eigenvalue weighted by Gasteiger charge is 2.17. The van der Waals surface area contributed by atoms with Gasteiger partial charge >= 0.3 is 0 Å². The van der Waals surface area contributed by atoms with E-state index in [0.29, 0.717) is 11.0 Å². The van der Waals surface area contributed by atoms with Gasteiger partial charge in [-0.3, -0.25) is 9.36 Å². The van der Waals surface area contributed by atoms with E-state index in [1.807, 2.05) is 17.5 Å². The standard InChI is InChI=1S/C14H11FN4OS2/c15-9-3-5-10(6-4-9)19-13(11-2-1-7-21-11)17-18-14(19)22-8-12(16)20/h1-7H,8H2,(H2,16,20). The third kappa shape index (κ3) is 3.02. The third-order valence-electron chi connectivity index (χ3n) is 2.80. The second kappa shape index (κ2) is 6.29.